The largest absolute Gasteiger partial charge is 0.756 e. The van der Waals surface area contributed by atoms with Crippen LogP contribution in [0.3, 0.4) is 0 Å². The first-order valence-electron chi connectivity index (χ1n) is 30.1. The van der Waals surface area contributed by atoms with E-state index in [1.165, 1.54) is 180 Å². The molecule has 0 aromatic carbocycles. The van der Waals surface area contributed by atoms with Gasteiger partial charge in [0.05, 0.1) is 33.8 Å². The van der Waals surface area contributed by atoms with E-state index in [0.29, 0.717) is 17.4 Å². The van der Waals surface area contributed by atoms with Crippen molar-refractivity contribution < 1.29 is 37.3 Å². The molecule has 3 atom stereocenters. The molecule has 0 fully saturated rings. The van der Waals surface area contributed by atoms with Gasteiger partial charge in [-0.2, -0.15) is 0 Å². The Morgan fingerprint density at radius 1 is 0.486 bits per heavy atom. The van der Waals surface area contributed by atoms with Crippen molar-refractivity contribution in [2.24, 2.45) is 0 Å². The monoisotopic (exact) mass is 1010 g/mol. The summed E-state index contributed by atoms with van der Waals surface area (Å²) in [6, 6.07) is -0.884. The number of hydrogen-bond donors (Lipinski definition) is 1. The Morgan fingerprint density at radius 2 is 0.843 bits per heavy atom. The van der Waals surface area contributed by atoms with Crippen LogP contribution in [0.15, 0.2) is 24.3 Å². The Hall–Kier alpha value is -1.51. The number of quaternary nitrogens is 1. The standard InChI is InChI=1S/C60H117N2O7P/c1-7-10-13-16-19-22-25-27-28-29-30-31-32-33-34-35-38-40-43-46-49-52-59(63)61-57(56-68-70(65,66)67-55-54-62(4,5)6)58(51-48-45-42-39-37-26-23-20-17-14-11-8-2)69-60(64)53-50-47-44-41-36-24-21-18-15-12-9-3/h18,21,48,51,57-58H,7-17,19-20,22-47,49-50,52-56H2,1-6H3,(H-,61,63,65,66)/b21-18-,51-48-. The maximum Gasteiger partial charge on any atom is 0.306 e. The highest BCUT2D eigenvalue weighted by molar-refractivity contribution is 7.45. The van der Waals surface area contributed by atoms with E-state index in [0.717, 1.165) is 83.5 Å². The summed E-state index contributed by atoms with van der Waals surface area (Å²) >= 11 is 0. The van der Waals surface area contributed by atoms with Crippen molar-refractivity contribution in [3.8, 4) is 0 Å². The third-order valence-electron chi connectivity index (χ3n) is 13.6. The zero-order valence-corrected chi connectivity index (χ0v) is 48.1. The van der Waals surface area contributed by atoms with Gasteiger partial charge in [0.25, 0.3) is 7.82 Å². The predicted molar refractivity (Wildman–Crippen MR) is 298 cm³/mol. The summed E-state index contributed by atoms with van der Waals surface area (Å²) in [6.07, 6.45) is 58.6. The minimum atomic E-state index is -4.69. The third-order valence-corrected chi connectivity index (χ3v) is 14.6. The molecule has 0 heterocycles. The van der Waals surface area contributed by atoms with Crippen molar-refractivity contribution in [1.29, 1.82) is 0 Å². The average molecular weight is 1010 g/mol. The zero-order valence-electron chi connectivity index (χ0n) is 47.2. The van der Waals surface area contributed by atoms with Gasteiger partial charge in [-0.3, -0.25) is 14.2 Å². The topological polar surface area (TPSA) is 114 Å². The van der Waals surface area contributed by atoms with Gasteiger partial charge in [0.2, 0.25) is 5.91 Å². The van der Waals surface area contributed by atoms with E-state index in [1.807, 2.05) is 33.3 Å². The number of nitrogens with one attached hydrogen (secondary N) is 1. The van der Waals surface area contributed by atoms with E-state index in [4.69, 9.17) is 13.8 Å². The van der Waals surface area contributed by atoms with Crippen LogP contribution in [-0.2, 0) is 27.9 Å². The van der Waals surface area contributed by atoms with Crippen LogP contribution >= 0.6 is 7.82 Å². The van der Waals surface area contributed by atoms with Crippen LogP contribution in [0.5, 0.6) is 0 Å². The van der Waals surface area contributed by atoms with E-state index in [1.54, 1.807) is 0 Å². The number of amides is 1. The lowest BCUT2D eigenvalue weighted by Crippen LogP contribution is -2.47. The number of esters is 1. The molecule has 0 radical (unpaired) electrons. The molecule has 0 saturated carbocycles. The summed E-state index contributed by atoms with van der Waals surface area (Å²) in [5.41, 5.74) is 0. The number of hydrogen-bond acceptors (Lipinski definition) is 7. The Balaban J connectivity index is 5.15. The van der Waals surface area contributed by atoms with Crippen molar-refractivity contribution in [2.75, 3.05) is 40.9 Å². The molecule has 0 aliphatic carbocycles. The molecule has 3 unspecified atom stereocenters. The molecule has 1 N–H and O–H groups in total. The van der Waals surface area contributed by atoms with Crippen LogP contribution in [0.1, 0.15) is 297 Å². The van der Waals surface area contributed by atoms with Crippen LogP contribution < -0.4 is 10.2 Å². The van der Waals surface area contributed by atoms with Crippen molar-refractivity contribution in [3.63, 3.8) is 0 Å². The highest BCUT2D eigenvalue weighted by atomic mass is 31.2. The van der Waals surface area contributed by atoms with Gasteiger partial charge in [-0.05, 0) is 51.0 Å². The lowest BCUT2D eigenvalue weighted by atomic mass is 10.0. The van der Waals surface area contributed by atoms with Crippen molar-refractivity contribution in [1.82, 2.24) is 5.32 Å². The minimum absolute atomic E-state index is 0.0202. The molecular formula is C60H117N2O7P. The molecule has 0 saturated heterocycles. The number of ether oxygens (including phenoxy) is 1. The van der Waals surface area contributed by atoms with Crippen LogP contribution in [0.25, 0.3) is 0 Å². The van der Waals surface area contributed by atoms with Crippen LogP contribution in [-0.4, -0.2) is 69.4 Å². The van der Waals surface area contributed by atoms with Gasteiger partial charge < -0.3 is 28.5 Å². The smallest absolute Gasteiger partial charge is 0.306 e. The first-order chi connectivity index (χ1) is 33.9. The van der Waals surface area contributed by atoms with Crippen LogP contribution in [0.2, 0.25) is 0 Å². The fraction of sp³-hybridized carbons (Fsp3) is 0.900. The molecule has 9 nitrogen and oxygen atoms in total. The second kappa shape index (κ2) is 51.0. The molecule has 0 aromatic heterocycles. The molecular weight excluding hydrogens is 892 g/mol. The highest BCUT2D eigenvalue weighted by Crippen LogP contribution is 2.38. The molecule has 1 amide bonds. The minimum Gasteiger partial charge on any atom is -0.756 e. The Kier molecular flexibility index (Phi) is 49.9. The maximum absolute atomic E-state index is 13.5. The van der Waals surface area contributed by atoms with Gasteiger partial charge in [0.1, 0.15) is 19.3 Å². The van der Waals surface area contributed by atoms with E-state index in [2.05, 4.69) is 38.2 Å². The Labute approximate surface area is 434 Å². The highest BCUT2D eigenvalue weighted by Gasteiger charge is 2.27. The molecule has 0 aromatic rings. The third kappa shape index (κ3) is 51.4. The second-order valence-corrected chi connectivity index (χ2v) is 23.3. The summed E-state index contributed by atoms with van der Waals surface area (Å²) in [5.74, 6) is -0.539. The second-order valence-electron chi connectivity index (χ2n) is 21.9. The number of allylic oxidation sites excluding steroid dienone is 3. The summed E-state index contributed by atoms with van der Waals surface area (Å²) < 4.78 is 30.2. The molecule has 0 aliphatic rings. The number of phosphoric ester groups is 1. The lowest BCUT2D eigenvalue weighted by molar-refractivity contribution is -0.870. The van der Waals surface area contributed by atoms with E-state index >= 15 is 0 Å². The van der Waals surface area contributed by atoms with Crippen LogP contribution in [0, 0.1) is 0 Å². The molecule has 0 rings (SSSR count). The summed E-state index contributed by atoms with van der Waals surface area (Å²) in [5, 5.41) is 3.03. The fourth-order valence-electron chi connectivity index (χ4n) is 8.92. The first kappa shape index (κ1) is 68.5. The van der Waals surface area contributed by atoms with Crippen LogP contribution in [0.4, 0.5) is 0 Å². The van der Waals surface area contributed by atoms with E-state index < -0.39 is 20.0 Å². The SMILES string of the molecule is CCCC/C=C\CCCCCCCC(=O)OC(/C=C\CCCCCCCCCCCC)C(COP(=O)([O-])OCC[N+](C)(C)C)NC(=O)CCCCCCCCCCCCCCCCCCCCCCC. The van der Waals surface area contributed by atoms with Gasteiger partial charge >= 0.3 is 5.97 Å². The van der Waals surface area contributed by atoms with Crippen molar-refractivity contribution in [3.05, 3.63) is 24.3 Å². The summed E-state index contributed by atoms with van der Waals surface area (Å²) in [6.45, 7) is 6.83. The van der Waals surface area contributed by atoms with Gasteiger partial charge in [0.15, 0.2) is 0 Å². The average Bonchev–Trinajstić information content (AvgIpc) is 3.32. The van der Waals surface area contributed by atoms with Gasteiger partial charge in [0, 0.05) is 12.8 Å². The molecule has 70 heavy (non-hydrogen) atoms. The van der Waals surface area contributed by atoms with E-state index in [9.17, 15) is 19.0 Å². The van der Waals surface area contributed by atoms with Crippen molar-refractivity contribution in [2.45, 2.75) is 309 Å². The zero-order chi connectivity index (χ0) is 51.5. The maximum atomic E-state index is 13.5. The molecule has 414 valence electrons. The molecule has 0 aliphatic heterocycles. The quantitative estimate of drug-likeness (QED) is 0.0212. The first-order valence-corrected chi connectivity index (χ1v) is 31.6. The summed E-state index contributed by atoms with van der Waals surface area (Å²) in [4.78, 5) is 39.8. The molecule has 10 heteroatoms. The fourth-order valence-corrected chi connectivity index (χ4v) is 9.64. The van der Waals surface area contributed by atoms with Gasteiger partial charge in [-0.25, -0.2) is 0 Å². The number of nitrogens with zero attached hydrogens (tertiary/aromatic N) is 1. The number of phosphoric acid groups is 1. The number of likely N-dealkylation sites (N-methyl/N-ethyl adjacent to an activating group) is 1. The molecule has 0 bridgehead atoms. The van der Waals surface area contributed by atoms with Crippen molar-refractivity contribution >= 4 is 19.7 Å². The number of unbranched alkanes of at least 4 members (excludes halogenated alkanes) is 37. The van der Waals surface area contributed by atoms with E-state index in [-0.39, 0.29) is 31.5 Å². The molecule has 0 spiro atoms. The number of carbonyl (C=O) groups excluding carboxylic acids is 2. The predicted octanol–water partition coefficient (Wildman–Crippen LogP) is 17.5. The Bertz CT molecular complexity index is 1250. The van der Waals surface area contributed by atoms with Gasteiger partial charge in [-0.1, -0.05) is 257 Å². The Morgan fingerprint density at radius 3 is 1.26 bits per heavy atom. The normalized spacial score (nSPS) is 13.9. The summed E-state index contributed by atoms with van der Waals surface area (Å²) in [7, 11) is 1.19. The lowest BCUT2D eigenvalue weighted by Gasteiger charge is -2.30. The number of rotatable bonds is 55. The number of carbonyl (C=O) groups is 2. The van der Waals surface area contributed by atoms with Gasteiger partial charge in [-0.15, -0.1) is 0 Å².